The summed E-state index contributed by atoms with van der Waals surface area (Å²) in [6.07, 6.45) is 0.979. The second-order valence-electron chi connectivity index (χ2n) is 4.86. The van der Waals surface area contributed by atoms with Crippen LogP contribution < -0.4 is 4.74 Å². The zero-order valence-corrected chi connectivity index (χ0v) is 13.8. The minimum Gasteiger partial charge on any atom is -0.493 e. The van der Waals surface area contributed by atoms with Gasteiger partial charge >= 0.3 is 0 Å². The van der Waals surface area contributed by atoms with Gasteiger partial charge in [0.15, 0.2) is 0 Å². The first-order valence-corrected chi connectivity index (χ1v) is 8.14. The van der Waals surface area contributed by atoms with Crippen LogP contribution >= 0.6 is 39.1 Å². The van der Waals surface area contributed by atoms with E-state index in [0.717, 1.165) is 24.3 Å². The van der Waals surface area contributed by atoms with Crippen LogP contribution in [0.2, 0.25) is 10.0 Å². The highest BCUT2D eigenvalue weighted by Crippen LogP contribution is 2.46. The summed E-state index contributed by atoms with van der Waals surface area (Å²) in [7, 11) is 0. The highest BCUT2D eigenvalue weighted by atomic mass is 79.9. The summed E-state index contributed by atoms with van der Waals surface area (Å²) in [6.45, 7) is 0.741. The number of halogens is 3. The molecule has 0 saturated carbocycles. The predicted molar refractivity (Wildman–Crippen MR) is 87.4 cm³/mol. The maximum absolute atomic E-state index is 6.12. The molecule has 0 N–H and O–H groups in total. The van der Waals surface area contributed by atoms with Crippen LogP contribution in [0.5, 0.6) is 5.75 Å². The first-order chi connectivity index (χ1) is 9.66. The number of hydrogen-bond donors (Lipinski definition) is 0. The van der Waals surface area contributed by atoms with E-state index in [1.807, 2.05) is 30.3 Å². The van der Waals surface area contributed by atoms with E-state index in [2.05, 4.69) is 28.1 Å². The Morgan fingerprint density at radius 3 is 2.70 bits per heavy atom. The number of ether oxygens (including phenoxy) is 1. The molecule has 1 aliphatic heterocycles. The summed E-state index contributed by atoms with van der Waals surface area (Å²) >= 11 is 15.9. The average molecular weight is 372 g/mol. The van der Waals surface area contributed by atoms with Crippen LogP contribution in [-0.4, -0.2) is 6.61 Å². The molecule has 0 radical (unpaired) electrons. The summed E-state index contributed by atoms with van der Waals surface area (Å²) < 4.78 is 5.71. The molecule has 20 heavy (non-hydrogen) atoms. The van der Waals surface area contributed by atoms with Crippen molar-refractivity contribution in [2.45, 2.75) is 17.2 Å². The molecule has 2 aromatic rings. The van der Waals surface area contributed by atoms with E-state index >= 15 is 0 Å². The Labute approximate surface area is 137 Å². The lowest BCUT2D eigenvalue weighted by Gasteiger charge is -2.29. The van der Waals surface area contributed by atoms with Crippen molar-refractivity contribution in [3.63, 3.8) is 0 Å². The van der Waals surface area contributed by atoms with Crippen molar-refractivity contribution in [2.24, 2.45) is 0 Å². The van der Waals surface area contributed by atoms with Crippen LogP contribution in [-0.2, 0) is 0 Å². The van der Waals surface area contributed by atoms with Gasteiger partial charge in [0.25, 0.3) is 0 Å². The van der Waals surface area contributed by atoms with Crippen LogP contribution in [0.3, 0.4) is 0 Å². The average Bonchev–Trinajstić information content (AvgIpc) is 2.49. The van der Waals surface area contributed by atoms with Gasteiger partial charge in [-0.05, 0) is 35.7 Å². The number of rotatable bonds is 2. The lowest BCUT2D eigenvalue weighted by atomic mass is 9.87. The lowest BCUT2D eigenvalue weighted by molar-refractivity contribution is 0.266. The molecule has 0 spiro atoms. The molecule has 4 heteroatoms. The lowest BCUT2D eigenvalue weighted by Crippen LogP contribution is -2.17. The van der Waals surface area contributed by atoms with Gasteiger partial charge in [-0.1, -0.05) is 63.4 Å². The molecule has 104 valence electrons. The molecule has 2 atom stereocenters. The number of benzene rings is 2. The maximum atomic E-state index is 6.12. The molecular formula is C16H13BrCl2O. The van der Waals surface area contributed by atoms with Crippen molar-refractivity contribution in [1.29, 1.82) is 0 Å². The Balaban J connectivity index is 1.95. The van der Waals surface area contributed by atoms with Gasteiger partial charge in [-0.2, -0.15) is 0 Å². The van der Waals surface area contributed by atoms with Crippen molar-refractivity contribution in [2.75, 3.05) is 6.61 Å². The molecule has 3 rings (SSSR count). The van der Waals surface area contributed by atoms with Crippen molar-refractivity contribution < 1.29 is 4.74 Å². The van der Waals surface area contributed by atoms with Gasteiger partial charge < -0.3 is 4.74 Å². The summed E-state index contributed by atoms with van der Waals surface area (Å²) in [4.78, 5) is 0.197. The van der Waals surface area contributed by atoms with Crippen molar-refractivity contribution in [3.8, 4) is 5.75 Å². The normalized spacial score (nSPS) is 19.1. The third-order valence-corrected chi connectivity index (χ3v) is 5.53. The van der Waals surface area contributed by atoms with E-state index in [-0.39, 0.29) is 4.83 Å². The summed E-state index contributed by atoms with van der Waals surface area (Å²) in [5.74, 6) is 1.35. The monoisotopic (exact) mass is 370 g/mol. The highest BCUT2D eigenvalue weighted by Gasteiger charge is 2.28. The largest absolute Gasteiger partial charge is 0.493 e. The smallest absolute Gasteiger partial charge is 0.122 e. The maximum Gasteiger partial charge on any atom is 0.122 e. The van der Waals surface area contributed by atoms with Crippen LogP contribution in [0.1, 0.15) is 28.3 Å². The van der Waals surface area contributed by atoms with Crippen LogP contribution in [0, 0.1) is 0 Å². The first kappa shape index (κ1) is 14.2. The second-order valence-corrected chi connectivity index (χ2v) is 6.66. The van der Waals surface area contributed by atoms with Gasteiger partial charge in [0, 0.05) is 10.7 Å². The topological polar surface area (TPSA) is 9.23 Å². The van der Waals surface area contributed by atoms with E-state index in [4.69, 9.17) is 27.9 Å². The minimum absolute atomic E-state index is 0.197. The Kier molecular flexibility index (Phi) is 4.25. The second kappa shape index (κ2) is 5.97. The molecule has 2 aromatic carbocycles. The van der Waals surface area contributed by atoms with E-state index in [1.54, 1.807) is 0 Å². The number of para-hydroxylation sites is 1. The molecule has 1 nitrogen and oxygen atoms in total. The third-order valence-electron chi connectivity index (χ3n) is 3.62. The van der Waals surface area contributed by atoms with Crippen molar-refractivity contribution >= 4 is 39.1 Å². The predicted octanol–water partition coefficient (Wildman–Crippen LogP) is 6.00. The molecule has 0 aromatic heterocycles. The van der Waals surface area contributed by atoms with Gasteiger partial charge in [0.05, 0.1) is 16.7 Å². The Morgan fingerprint density at radius 2 is 1.90 bits per heavy atom. The molecule has 1 aliphatic rings. The first-order valence-electron chi connectivity index (χ1n) is 6.47. The highest BCUT2D eigenvalue weighted by molar-refractivity contribution is 9.09. The molecular weight excluding hydrogens is 359 g/mol. The zero-order chi connectivity index (χ0) is 14.1. The summed E-state index contributed by atoms with van der Waals surface area (Å²) in [6, 6.07) is 14.0. The van der Waals surface area contributed by atoms with Crippen molar-refractivity contribution in [3.05, 3.63) is 63.6 Å². The number of fused-ring (bicyclic) bond motifs is 1. The van der Waals surface area contributed by atoms with Gasteiger partial charge in [0.2, 0.25) is 0 Å². The molecule has 2 unspecified atom stereocenters. The van der Waals surface area contributed by atoms with E-state index < -0.39 is 0 Å². The number of hydrogen-bond acceptors (Lipinski definition) is 1. The van der Waals surface area contributed by atoms with Gasteiger partial charge in [-0.25, -0.2) is 0 Å². The third kappa shape index (κ3) is 2.69. The van der Waals surface area contributed by atoms with Gasteiger partial charge in [-0.15, -0.1) is 0 Å². The quantitative estimate of drug-likeness (QED) is 0.588. The number of alkyl halides is 1. The summed E-state index contributed by atoms with van der Waals surface area (Å²) in [5, 5.41) is 1.18. The fraction of sp³-hybridized carbons (Fsp3) is 0.250. The molecule has 0 bridgehead atoms. The van der Waals surface area contributed by atoms with Crippen LogP contribution in [0.15, 0.2) is 42.5 Å². The minimum atomic E-state index is 0.197. The Bertz CT molecular complexity index is 630. The van der Waals surface area contributed by atoms with Crippen LogP contribution in [0.4, 0.5) is 0 Å². The fourth-order valence-corrected chi connectivity index (χ4v) is 3.73. The van der Waals surface area contributed by atoms with E-state index in [9.17, 15) is 0 Å². The molecule has 0 saturated heterocycles. The standard InChI is InChI=1S/C16H13BrCl2O/c17-16(10-5-6-13(18)14(19)9-10)12-7-8-20-15-4-2-1-3-11(12)15/h1-6,9,12,16H,7-8H2. The Hall–Kier alpha value is -0.700. The zero-order valence-electron chi connectivity index (χ0n) is 10.7. The molecule has 1 heterocycles. The molecule has 0 amide bonds. The van der Waals surface area contributed by atoms with Crippen molar-refractivity contribution in [1.82, 2.24) is 0 Å². The summed E-state index contributed by atoms with van der Waals surface area (Å²) in [5.41, 5.74) is 2.38. The molecule has 0 fully saturated rings. The van der Waals surface area contributed by atoms with Crippen LogP contribution in [0.25, 0.3) is 0 Å². The van der Waals surface area contributed by atoms with Gasteiger partial charge in [0.1, 0.15) is 5.75 Å². The fourth-order valence-electron chi connectivity index (χ4n) is 2.59. The van der Waals surface area contributed by atoms with E-state index in [1.165, 1.54) is 5.56 Å². The Morgan fingerprint density at radius 1 is 1.10 bits per heavy atom. The van der Waals surface area contributed by atoms with E-state index in [0.29, 0.717) is 16.0 Å². The van der Waals surface area contributed by atoms with Gasteiger partial charge in [-0.3, -0.25) is 0 Å². The SMILES string of the molecule is Clc1ccc(C(Br)C2CCOc3ccccc32)cc1Cl. The molecule has 0 aliphatic carbocycles.